The number of rotatable bonds is 7. The Morgan fingerprint density at radius 2 is 1.93 bits per heavy atom. The van der Waals surface area contributed by atoms with Crippen LogP contribution in [0.3, 0.4) is 0 Å². The average Bonchev–Trinajstić information content (AvgIpc) is 2.30. The van der Waals surface area contributed by atoms with Gasteiger partial charge in [0.1, 0.15) is 0 Å². The molecule has 0 saturated heterocycles. The summed E-state index contributed by atoms with van der Waals surface area (Å²) in [5.74, 6) is 0.253. The van der Waals surface area contributed by atoms with Crippen LogP contribution in [0, 0.1) is 6.42 Å². The molecule has 0 aliphatic heterocycles. The summed E-state index contributed by atoms with van der Waals surface area (Å²) in [6.45, 7) is 2.18. The highest BCUT2D eigenvalue weighted by Crippen LogP contribution is 2.08. The Bertz CT molecular complexity index is 277. The summed E-state index contributed by atoms with van der Waals surface area (Å²) in [6, 6.07) is 9.52. The molecule has 15 heavy (non-hydrogen) atoms. The standard InChI is InChI=1S/C14H19O/c1-2-3-4-5-9-12-14(15)13-10-7-6-8-11-13/h5-8,10-11H,2-4,9,12H2,1H3. The summed E-state index contributed by atoms with van der Waals surface area (Å²) in [4.78, 5) is 11.7. The molecule has 0 aromatic heterocycles. The minimum absolute atomic E-state index is 0.253. The van der Waals surface area contributed by atoms with Gasteiger partial charge in [0, 0.05) is 12.0 Å². The van der Waals surface area contributed by atoms with Gasteiger partial charge in [-0.25, -0.2) is 0 Å². The minimum Gasteiger partial charge on any atom is -0.294 e. The maximum atomic E-state index is 11.7. The first-order valence-corrected chi connectivity index (χ1v) is 5.74. The molecule has 1 nitrogen and oxygen atoms in total. The van der Waals surface area contributed by atoms with Crippen molar-refractivity contribution in [1.82, 2.24) is 0 Å². The van der Waals surface area contributed by atoms with Gasteiger partial charge in [-0.1, -0.05) is 56.5 Å². The third-order valence-electron chi connectivity index (χ3n) is 2.43. The van der Waals surface area contributed by atoms with Crippen LogP contribution < -0.4 is 0 Å². The highest BCUT2D eigenvalue weighted by atomic mass is 16.1. The van der Waals surface area contributed by atoms with Crippen molar-refractivity contribution in [1.29, 1.82) is 0 Å². The summed E-state index contributed by atoms with van der Waals surface area (Å²) in [5.41, 5.74) is 0.835. The van der Waals surface area contributed by atoms with Gasteiger partial charge in [0.05, 0.1) is 0 Å². The van der Waals surface area contributed by atoms with Crippen molar-refractivity contribution in [3.05, 3.63) is 42.3 Å². The van der Waals surface area contributed by atoms with E-state index in [2.05, 4.69) is 13.3 Å². The molecule has 0 N–H and O–H groups in total. The zero-order chi connectivity index (χ0) is 10.9. The summed E-state index contributed by atoms with van der Waals surface area (Å²) in [7, 11) is 0. The SMILES string of the molecule is CCCC[CH]CCC(=O)c1ccccc1. The van der Waals surface area contributed by atoms with Gasteiger partial charge < -0.3 is 0 Å². The lowest BCUT2D eigenvalue weighted by Gasteiger charge is -2.00. The van der Waals surface area contributed by atoms with E-state index in [1.54, 1.807) is 0 Å². The fourth-order valence-corrected chi connectivity index (χ4v) is 1.49. The normalized spacial score (nSPS) is 10.2. The van der Waals surface area contributed by atoms with E-state index in [0.717, 1.165) is 18.4 Å². The quantitative estimate of drug-likeness (QED) is 0.482. The van der Waals surface area contributed by atoms with Gasteiger partial charge in [-0.2, -0.15) is 0 Å². The zero-order valence-corrected chi connectivity index (χ0v) is 9.41. The molecular formula is C14H19O. The van der Waals surface area contributed by atoms with Crippen molar-refractivity contribution in [2.45, 2.75) is 39.0 Å². The van der Waals surface area contributed by atoms with Gasteiger partial charge >= 0.3 is 0 Å². The van der Waals surface area contributed by atoms with Gasteiger partial charge in [0.25, 0.3) is 0 Å². The predicted octanol–water partition coefficient (Wildman–Crippen LogP) is 4.04. The van der Waals surface area contributed by atoms with Crippen LogP contribution in [-0.4, -0.2) is 5.78 Å². The third-order valence-corrected chi connectivity index (χ3v) is 2.43. The van der Waals surface area contributed by atoms with Gasteiger partial charge in [0.15, 0.2) is 5.78 Å². The molecule has 1 rings (SSSR count). The Morgan fingerprint density at radius 1 is 1.20 bits per heavy atom. The van der Waals surface area contributed by atoms with Crippen LogP contribution in [0.25, 0.3) is 0 Å². The topological polar surface area (TPSA) is 17.1 Å². The molecule has 0 saturated carbocycles. The average molecular weight is 203 g/mol. The molecule has 1 radical (unpaired) electrons. The number of benzene rings is 1. The number of carbonyl (C=O) groups excluding carboxylic acids is 1. The Balaban J connectivity index is 2.20. The summed E-state index contributed by atoms with van der Waals surface area (Å²) >= 11 is 0. The number of carbonyl (C=O) groups is 1. The van der Waals surface area contributed by atoms with Gasteiger partial charge in [-0.05, 0) is 12.8 Å². The fourth-order valence-electron chi connectivity index (χ4n) is 1.49. The lowest BCUT2D eigenvalue weighted by atomic mass is 10.0. The molecule has 0 aliphatic rings. The van der Waals surface area contributed by atoms with Crippen LogP contribution in [0.5, 0.6) is 0 Å². The van der Waals surface area contributed by atoms with Gasteiger partial charge in [0.2, 0.25) is 0 Å². The van der Waals surface area contributed by atoms with E-state index in [0.29, 0.717) is 6.42 Å². The Kier molecular flexibility index (Phi) is 5.76. The van der Waals surface area contributed by atoms with E-state index in [1.165, 1.54) is 12.8 Å². The Hall–Kier alpha value is -1.11. The molecule has 0 spiro atoms. The second kappa shape index (κ2) is 7.22. The molecule has 1 aromatic carbocycles. The highest BCUT2D eigenvalue weighted by Gasteiger charge is 2.03. The molecule has 1 aromatic rings. The highest BCUT2D eigenvalue weighted by molar-refractivity contribution is 5.95. The third kappa shape index (κ3) is 4.78. The second-order valence-corrected chi connectivity index (χ2v) is 3.76. The number of hydrogen-bond acceptors (Lipinski definition) is 1. The van der Waals surface area contributed by atoms with Crippen molar-refractivity contribution in [2.75, 3.05) is 0 Å². The van der Waals surface area contributed by atoms with Crippen LogP contribution in [-0.2, 0) is 0 Å². The summed E-state index contributed by atoms with van der Waals surface area (Å²) < 4.78 is 0. The number of hydrogen-bond donors (Lipinski definition) is 0. The molecule has 0 amide bonds. The van der Waals surface area contributed by atoms with Crippen molar-refractivity contribution >= 4 is 5.78 Å². The van der Waals surface area contributed by atoms with Crippen LogP contribution in [0.2, 0.25) is 0 Å². The monoisotopic (exact) mass is 203 g/mol. The number of ketones is 1. The minimum atomic E-state index is 0.253. The molecular weight excluding hydrogens is 184 g/mol. The van der Waals surface area contributed by atoms with E-state index in [4.69, 9.17) is 0 Å². The molecule has 0 unspecified atom stereocenters. The maximum Gasteiger partial charge on any atom is 0.162 e. The first kappa shape index (κ1) is 12.0. The van der Waals surface area contributed by atoms with E-state index < -0.39 is 0 Å². The lowest BCUT2D eigenvalue weighted by Crippen LogP contribution is -1.98. The van der Waals surface area contributed by atoms with Crippen LogP contribution >= 0.6 is 0 Å². The molecule has 0 atom stereocenters. The molecule has 81 valence electrons. The van der Waals surface area contributed by atoms with E-state index in [1.807, 2.05) is 30.3 Å². The smallest absolute Gasteiger partial charge is 0.162 e. The molecule has 0 bridgehead atoms. The van der Waals surface area contributed by atoms with Crippen molar-refractivity contribution in [2.24, 2.45) is 0 Å². The number of Topliss-reactive ketones (excluding diaryl/α,β-unsaturated/α-hetero) is 1. The van der Waals surface area contributed by atoms with Gasteiger partial charge in [-0.3, -0.25) is 4.79 Å². The largest absolute Gasteiger partial charge is 0.294 e. The van der Waals surface area contributed by atoms with E-state index in [9.17, 15) is 4.79 Å². The Labute approximate surface area is 92.5 Å². The van der Waals surface area contributed by atoms with E-state index in [-0.39, 0.29) is 5.78 Å². The maximum absolute atomic E-state index is 11.7. The first-order chi connectivity index (χ1) is 7.34. The van der Waals surface area contributed by atoms with Crippen LogP contribution in [0.1, 0.15) is 49.4 Å². The van der Waals surface area contributed by atoms with Crippen molar-refractivity contribution in [3.63, 3.8) is 0 Å². The van der Waals surface area contributed by atoms with Crippen LogP contribution in [0.4, 0.5) is 0 Å². The Morgan fingerprint density at radius 3 is 2.60 bits per heavy atom. The zero-order valence-electron chi connectivity index (χ0n) is 9.41. The summed E-state index contributed by atoms with van der Waals surface area (Å²) in [6.07, 6.45) is 7.38. The molecule has 1 heteroatoms. The molecule has 0 heterocycles. The lowest BCUT2D eigenvalue weighted by molar-refractivity contribution is 0.0982. The molecule has 0 aliphatic carbocycles. The van der Waals surface area contributed by atoms with Gasteiger partial charge in [-0.15, -0.1) is 0 Å². The van der Waals surface area contributed by atoms with Crippen LogP contribution in [0.15, 0.2) is 30.3 Å². The predicted molar refractivity (Wildman–Crippen MR) is 63.8 cm³/mol. The number of unbranched alkanes of at least 4 members (excludes halogenated alkanes) is 4. The van der Waals surface area contributed by atoms with Crippen molar-refractivity contribution in [3.8, 4) is 0 Å². The first-order valence-electron chi connectivity index (χ1n) is 5.74. The van der Waals surface area contributed by atoms with Crippen molar-refractivity contribution < 1.29 is 4.79 Å². The fraction of sp³-hybridized carbons (Fsp3) is 0.429. The summed E-state index contributed by atoms with van der Waals surface area (Å²) in [5, 5.41) is 0. The second-order valence-electron chi connectivity index (χ2n) is 3.76. The molecule has 0 fully saturated rings. The van der Waals surface area contributed by atoms with E-state index >= 15 is 0 Å².